The molecule has 0 aliphatic rings. The lowest BCUT2D eigenvalue weighted by molar-refractivity contribution is -0.389. The van der Waals surface area contributed by atoms with Gasteiger partial charge in [0.15, 0.2) is 0 Å². The first-order valence-electron chi connectivity index (χ1n) is 5.17. The Morgan fingerprint density at radius 1 is 1.05 bits per heavy atom. The van der Waals surface area contributed by atoms with Crippen molar-refractivity contribution >= 4 is 38.4 Å². The van der Waals surface area contributed by atoms with Gasteiger partial charge >= 0.3 is 10.7 Å². The molecule has 0 unspecified atom stereocenters. The van der Waals surface area contributed by atoms with Gasteiger partial charge in [-0.3, -0.25) is 20.2 Å². The summed E-state index contributed by atoms with van der Waals surface area (Å²) in [5.74, 6) is 0. The highest BCUT2D eigenvalue weighted by Gasteiger charge is 2.25. The second-order valence-corrected chi connectivity index (χ2v) is 4.59. The Bertz CT molecular complexity index is 694. The number of benzene rings is 1. The summed E-state index contributed by atoms with van der Waals surface area (Å²) in [6.07, 6.45) is 0. The van der Waals surface area contributed by atoms with Gasteiger partial charge in [0.05, 0.1) is 15.5 Å². The third-order valence-electron chi connectivity index (χ3n) is 2.21. The van der Waals surface area contributed by atoms with E-state index in [-0.39, 0.29) is 10.0 Å². The van der Waals surface area contributed by atoms with E-state index in [1.807, 2.05) is 0 Å². The highest BCUT2D eigenvalue weighted by atomic mass is 32.1. The Morgan fingerprint density at radius 2 is 1.70 bits per heavy atom. The molecule has 20 heavy (non-hydrogen) atoms. The number of hydrogen-bond acceptors (Lipinski definition) is 8. The van der Waals surface area contributed by atoms with Gasteiger partial charge in [0.25, 0.3) is 0 Å². The first kappa shape index (κ1) is 13.5. The van der Waals surface area contributed by atoms with Crippen LogP contribution in [0.25, 0.3) is 0 Å². The lowest BCUT2D eigenvalue weighted by Crippen LogP contribution is -1.85. The van der Waals surface area contributed by atoms with Crippen molar-refractivity contribution in [1.29, 1.82) is 0 Å². The van der Waals surface area contributed by atoms with Crippen molar-refractivity contribution in [2.24, 2.45) is 10.2 Å². The van der Waals surface area contributed by atoms with Crippen LogP contribution in [0.4, 0.5) is 27.1 Å². The van der Waals surface area contributed by atoms with E-state index >= 15 is 0 Å². The summed E-state index contributed by atoms with van der Waals surface area (Å²) in [5.41, 5.74) is 6.03. The number of azo groups is 1. The molecule has 2 aromatic rings. The molecule has 9 nitrogen and oxygen atoms in total. The Balaban J connectivity index is 2.34. The van der Waals surface area contributed by atoms with E-state index in [1.165, 1.54) is 0 Å². The van der Waals surface area contributed by atoms with Crippen LogP contribution in [-0.2, 0) is 0 Å². The SMILES string of the molecule is Nc1ccc(/N=N/c2sc([N+](=O)[O-])cc2[N+](=O)[O-])cc1. The van der Waals surface area contributed by atoms with E-state index in [9.17, 15) is 20.2 Å². The quantitative estimate of drug-likeness (QED) is 0.397. The molecule has 10 heteroatoms. The summed E-state index contributed by atoms with van der Waals surface area (Å²) < 4.78 is 0. The van der Waals surface area contributed by atoms with Crippen molar-refractivity contribution in [2.75, 3.05) is 5.73 Å². The molecule has 0 fully saturated rings. The number of nitrogen functional groups attached to an aromatic ring is 1. The maximum absolute atomic E-state index is 10.8. The van der Waals surface area contributed by atoms with E-state index in [4.69, 9.17) is 5.73 Å². The van der Waals surface area contributed by atoms with Crippen LogP contribution < -0.4 is 5.73 Å². The Labute approximate surface area is 115 Å². The van der Waals surface area contributed by atoms with Crippen molar-refractivity contribution in [3.05, 3.63) is 50.6 Å². The summed E-state index contributed by atoms with van der Waals surface area (Å²) in [6, 6.07) is 7.21. The molecular weight excluding hydrogens is 286 g/mol. The average Bonchev–Trinajstić information content (AvgIpc) is 2.82. The summed E-state index contributed by atoms with van der Waals surface area (Å²) in [5, 5.41) is 28.4. The number of rotatable bonds is 4. The van der Waals surface area contributed by atoms with Crippen LogP contribution in [0.3, 0.4) is 0 Å². The fraction of sp³-hybridized carbons (Fsp3) is 0. The van der Waals surface area contributed by atoms with Gasteiger partial charge in [0.2, 0.25) is 5.00 Å². The lowest BCUT2D eigenvalue weighted by Gasteiger charge is -1.92. The first-order valence-corrected chi connectivity index (χ1v) is 5.99. The maximum Gasteiger partial charge on any atom is 0.333 e. The third kappa shape index (κ3) is 2.92. The number of nitro groups is 2. The van der Waals surface area contributed by atoms with Crippen molar-refractivity contribution in [3.8, 4) is 0 Å². The molecular formula is C10H7N5O4S. The standard InChI is InChI=1S/C10H7N5O4S/c11-6-1-3-7(4-2-6)12-13-10-8(14(16)17)5-9(20-10)15(18)19/h1-5H,11H2/b13-12+. The molecule has 1 aromatic carbocycles. The maximum atomic E-state index is 10.8. The van der Waals surface area contributed by atoms with E-state index in [2.05, 4.69) is 10.2 Å². The molecule has 0 aliphatic heterocycles. The van der Waals surface area contributed by atoms with Crippen molar-refractivity contribution < 1.29 is 9.85 Å². The number of anilines is 1. The van der Waals surface area contributed by atoms with Crippen LogP contribution in [0, 0.1) is 20.2 Å². The highest BCUT2D eigenvalue weighted by molar-refractivity contribution is 7.19. The number of thiophene rings is 1. The fourth-order valence-electron chi connectivity index (χ4n) is 1.30. The van der Waals surface area contributed by atoms with E-state index in [0.717, 1.165) is 6.07 Å². The van der Waals surface area contributed by atoms with Crippen LogP contribution in [0.1, 0.15) is 0 Å². The minimum absolute atomic E-state index is 0.126. The monoisotopic (exact) mass is 293 g/mol. The van der Waals surface area contributed by atoms with Crippen molar-refractivity contribution in [3.63, 3.8) is 0 Å². The van der Waals surface area contributed by atoms with Crippen LogP contribution in [0.15, 0.2) is 40.6 Å². The molecule has 0 aliphatic carbocycles. The summed E-state index contributed by atoms with van der Waals surface area (Å²) in [6.45, 7) is 0. The van der Waals surface area contributed by atoms with Gasteiger partial charge in [0.1, 0.15) is 6.07 Å². The zero-order valence-corrected chi connectivity index (χ0v) is 10.6. The first-order chi connectivity index (χ1) is 9.47. The van der Waals surface area contributed by atoms with E-state index in [1.54, 1.807) is 24.3 Å². The summed E-state index contributed by atoms with van der Waals surface area (Å²) >= 11 is 0.592. The van der Waals surface area contributed by atoms with Crippen molar-refractivity contribution in [1.82, 2.24) is 0 Å². The van der Waals surface area contributed by atoms with Crippen molar-refractivity contribution in [2.45, 2.75) is 0 Å². The molecule has 2 N–H and O–H groups in total. The summed E-state index contributed by atoms with van der Waals surface area (Å²) in [4.78, 5) is 19.9. The van der Waals surface area contributed by atoms with E-state index in [0.29, 0.717) is 22.7 Å². The predicted molar refractivity (Wildman–Crippen MR) is 72.7 cm³/mol. The van der Waals surface area contributed by atoms with Crippen LogP contribution >= 0.6 is 11.3 Å². The Kier molecular flexibility index (Phi) is 3.66. The van der Waals surface area contributed by atoms with Gasteiger partial charge < -0.3 is 5.73 Å². The molecule has 0 amide bonds. The number of hydrogen-bond donors (Lipinski definition) is 1. The lowest BCUT2D eigenvalue weighted by atomic mass is 10.3. The molecule has 102 valence electrons. The minimum Gasteiger partial charge on any atom is -0.399 e. The highest BCUT2D eigenvalue weighted by Crippen LogP contribution is 2.41. The molecule has 0 saturated heterocycles. The largest absolute Gasteiger partial charge is 0.399 e. The van der Waals surface area contributed by atoms with Gasteiger partial charge in [-0.05, 0) is 35.6 Å². The smallest absolute Gasteiger partial charge is 0.333 e. The molecule has 2 rings (SSSR count). The van der Waals surface area contributed by atoms with Gasteiger partial charge in [-0.25, -0.2) is 0 Å². The molecule has 0 spiro atoms. The molecule has 0 bridgehead atoms. The average molecular weight is 293 g/mol. The Hall–Kier alpha value is -2.88. The van der Waals surface area contributed by atoms with Crippen LogP contribution in [0.2, 0.25) is 0 Å². The second kappa shape index (κ2) is 5.40. The van der Waals surface area contributed by atoms with Gasteiger partial charge in [-0.1, -0.05) is 0 Å². The van der Waals surface area contributed by atoms with Crippen LogP contribution in [-0.4, -0.2) is 9.85 Å². The Morgan fingerprint density at radius 3 is 2.25 bits per heavy atom. The molecule has 0 atom stereocenters. The zero-order valence-electron chi connectivity index (χ0n) is 9.79. The minimum atomic E-state index is -0.735. The van der Waals surface area contributed by atoms with Gasteiger partial charge in [-0.15, -0.1) is 10.2 Å². The molecule has 0 saturated carbocycles. The molecule has 1 heterocycles. The number of nitrogens with two attached hydrogens (primary N) is 1. The topological polar surface area (TPSA) is 137 Å². The van der Waals surface area contributed by atoms with Gasteiger partial charge in [-0.2, -0.15) is 0 Å². The predicted octanol–water partition coefficient (Wildman–Crippen LogP) is 3.56. The van der Waals surface area contributed by atoms with E-state index < -0.39 is 15.5 Å². The fourth-order valence-corrected chi connectivity index (χ4v) is 2.06. The second-order valence-electron chi connectivity index (χ2n) is 3.58. The summed E-state index contributed by atoms with van der Waals surface area (Å²) in [7, 11) is 0. The number of nitrogens with zero attached hydrogens (tertiary/aromatic N) is 4. The zero-order chi connectivity index (χ0) is 14.7. The molecule has 0 radical (unpaired) electrons. The normalized spacial score (nSPS) is 10.8. The van der Waals surface area contributed by atoms with Gasteiger partial charge in [0, 0.05) is 5.69 Å². The third-order valence-corrected chi connectivity index (χ3v) is 3.17. The van der Waals surface area contributed by atoms with Crippen LogP contribution in [0.5, 0.6) is 0 Å². The molecule has 1 aromatic heterocycles.